The quantitative estimate of drug-likeness (QED) is 0.122. The summed E-state index contributed by atoms with van der Waals surface area (Å²) in [5.74, 6) is -1.25. The van der Waals surface area contributed by atoms with E-state index in [1.807, 2.05) is 30.3 Å². The van der Waals surface area contributed by atoms with Gasteiger partial charge in [0, 0.05) is 25.5 Å². The van der Waals surface area contributed by atoms with Gasteiger partial charge in [-0.25, -0.2) is 0 Å². The number of hydrogen-bond acceptors (Lipinski definition) is 6. The third-order valence-corrected chi connectivity index (χ3v) is 8.33. The summed E-state index contributed by atoms with van der Waals surface area (Å²) in [5, 5.41) is 30.5. The number of rotatable bonds is 16. The number of hydrogen-bond donors (Lipinski definition) is 6. The van der Waals surface area contributed by atoms with Gasteiger partial charge < -0.3 is 31.3 Å². The first-order valence-corrected chi connectivity index (χ1v) is 17.1. The molecule has 254 valence electrons. The van der Waals surface area contributed by atoms with Crippen molar-refractivity contribution in [2.24, 2.45) is 0 Å². The highest BCUT2D eigenvalue weighted by molar-refractivity contribution is 6.58. The van der Waals surface area contributed by atoms with Gasteiger partial charge in [-0.3, -0.25) is 19.2 Å². The molecule has 0 aromatic heterocycles. The van der Waals surface area contributed by atoms with Crippen LogP contribution in [-0.2, 0) is 32.0 Å². The van der Waals surface area contributed by atoms with E-state index in [9.17, 15) is 29.2 Å². The zero-order chi connectivity index (χ0) is 33.9. The van der Waals surface area contributed by atoms with E-state index in [0.29, 0.717) is 50.5 Å². The molecule has 47 heavy (non-hydrogen) atoms. The van der Waals surface area contributed by atoms with Crippen molar-refractivity contribution in [3.05, 3.63) is 77.9 Å². The minimum atomic E-state index is -1.59. The summed E-state index contributed by atoms with van der Waals surface area (Å²) in [5.41, 5.74) is 2.05. The van der Waals surface area contributed by atoms with Crippen molar-refractivity contribution < 1.29 is 29.2 Å². The molecule has 3 rings (SSSR count). The molecule has 1 aliphatic rings. The fourth-order valence-electron chi connectivity index (χ4n) is 5.59. The minimum absolute atomic E-state index is 0.182. The highest BCUT2D eigenvalue weighted by Crippen LogP contribution is 2.11. The Kier molecular flexibility index (Phi) is 16.8. The van der Waals surface area contributed by atoms with Gasteiger partial charge in [-0.05, 0) is 48.7 Å². The van der Waals surface area contributed by atoms with E-state index in [1.165, 1.54) is 31.8 Å². The number of amides is 4. The predicted molar refractivity (Wildman–Crippen MR) is 185 cm³/mol. The van der Waals surface area contributed by atoms with E-state index >= 15 is 0 Å². The first-order chi connectivity index (χ1) is 22.7. The maximum Gasteiger partial charge on any atom is 0.488 e. The van der Waals surface area contributed by atoms with Crippen LogP contribution >= 0.6 is 0 Å². The number of benzene rings is 2. The maximum absolute atomic E-state index is 13.7. The van der Waals surface area contributed by atoms with Crippen LogP contribution in [0.4, 0.5) is 0 Å². The molecule has 2 aromatic carbocycles. The van der Waals surface area contributed by atoms with Crippen LogP contribution < -0.4 is 26.7 Å². The number of unbranched alkanes of at least 4 members (excludes halogenated alkanes) is 6. The van der Waals surface area contributed by atoms with Gasteiger partial charge in [0.25, 0.3) is 0 Å². The molecule has 10 nitrogen and oxygen atoms in total. The summed E-state index contributed by atoms with van der Waals surface area (Å²) in [6.07, 6.45) is 13.2. The molecule has 1 aliphatic heterocycles. The molecule has 0 bridgehead atoms. The Morgan fingerprint density at radius 2 is 1.62 bits per heavy atom. The second-order valence-electron chi connectivity index (χ2n) is 12.3. The Bertz CT molecular complexity index is 1290. The highest BCUT2D eigenvalue weighted by atomic mass is 16.4. The fourth-order valence-corrected chi connectivity index (χ4v) is 5.59. The van der Waals surface area contributed by atoms with Crippen LogP contribution in [0.1, 0.15) is 88.7 Å². The van der Waals surface area contributed by atoms with Gasteiger partial charge in [-0.15, -0.1) is 0 Å². The van der Waals surface area contributed by atoms with Crippen molar-refractivity contribution in [1.82, 2.24) is 21.3 Å². The molecule has 4 amide bonds. The first kappa shape index (κ1) is 37.5. The van der Waals surface area contributed by atoms with E-state index < -0.39 is 31.2 Å². The van der Waals surface area contributed by atoms with Crippen molar-refractivity contribution >= 4 is 36.2 Å². The van der Waals surface area contributed by atoms with Gasteiger partial charge >= 0.3 is 7.12 Å². The van der Waals surface area contributed by atoms with Crippen molar-refractivity contribution in [3.8, 4) is 0 Å². The summed E-state index contributed by atoms with van der Waals surface area (Å²) >= 11 is 0. The van der Waals surface area contributed by atoms with Crippen molar-refractivity contribution in [3.63, 3.8) is 0 Å². The van der Waals surface area contributed by atoms with Gasteiger partial charge in [0.2, 0.25) is 23.6 Å². The van der Waals surface area contributed by atoms with Crippen LogP contribution in [0, 0.1) is 0 Å². The Balaban J connectivity index is 1.70. The average Bonchev–Trinajstić information content (AvgIpc) is 3.06. The van der Waals surface area contributed by atoms with Crippen LogP contribution in [0.3, 0.4) is 0 Å². The first-order valence-electron chi connectivity index (χ1n) is 17.1. The SMILES string of the molecule is CCCCCCCCCC(=O)N[C@@H](Cc1ccccc1)C(=O)N[C@H]1CCCCNC(=O)/C=C/[C@H](Cc2ccc(B(O)O)cc2)NC1=O. The van der Waals surface area contributed by atoms with Crippen molar-refractivity contribution in [2.45, 2.75) is 109 Å². The summed E-state index contributed by atoms with van der Waals surface area (Å²) in [7, 11) is -1.59. The average molecular weight is 647 g/mol. The molecule has 3 atom stereocenters. The van der Waals surface area contributed by atoms with Crippen LogP contribution in [0.25, 0.3) is 0 Å². The number of carbonyl (C=O) groups is 4. The molecule has 1 heterocycles. The van der Waals surface area contributed by atoms with Crippen LogP contribution in [0.2, 0.25) is 0 Å². The van der Waals surface area contributed by atoms with E-state index in [1.54, 1.807) is 30.3 Å². The summed E-state index contributed by atoms with van der Waals surface area (Å²) in [4.78, 5) is 52.6. The van der Waals surface area contributed by atoms with Crippen molar-refractivity contribution in [2.75, 3.05) is 6.54 Å². The summed E-state index contributed by atoms with van der Waals surface area (Å²) in [6, 6.07) is 13.8. The lowest BCUT2D eigenvalue weighted by atomic mass is 9.80. The molecular weight excluding hydrogens is 595 g/mol. The molecule has 11 heteroatoms. The number of nitrogens with one attached hydrogen (secondary N) is 4. The molecule has 0 aliphatic carbocycles. The number of carbonyl (C=O) groups excluding carboxylic acids is 4. The lowest BCUT2D eigenvalue weighted by Gasteiger charge is -2.25. The predicted octanol–water partition coefficient (Wildman–Crippen LogP) is 2.60. The monoisotopic (exact) mass is 646 g/mol. The molecular formula is C36H51BN4O6. The van der Waals surface area contributed by atoms with Crippen molar-refractivity contribution in [1.29, 1.82) is 0 Å². The molecule has 0 spiro atoms. The van der Waals surface area contributed by atoms with Crippen LogP contribution in [0.15, 0.2) is 66.7 Å². The molecule has 0 unspecified atom stereocenters. The Morgan fingerprint density at radius 1 is 0.915 bits per heavy atom. The standard InChI is InChI=1S/C36H51BN4O6/c1-2-3-4-5-6-7-11-17-34(43)40-32(26-27-14-9-8-10-15-27)36(45)41-31-16-12-13-24-38-33(42)23-22-30(39-35(31)44)25-28-18-20-29(21-19-28)37(46)47/h8-10,14-15,18-23,30-32,46-47H,2-7,11-13,16-17,24-26H2,1H3,(H,38,42)(H,39,44)(H,40,43)(H,41,45)/b23-22+/t30-,31+,32+/m1/s1. The molecule has 0 saturated carbocycles. The van der Waals surface area contributed by atoms with Crippen LogP contribution in [0.5, 0.6) is 0 Å². The zero-order valence-corrected chi connectivity index (χ0v) is 27.6. The molecule has 6 N–H and O–H groups in total. The van der Waals surface area contributed by atoms with Gasteiger partial charge in [-0.1, -0.05) is 106 Å². The van der Waals surface area contributed by atoms with Gasteiger partial charge in [0.15, 0.2) is 0 Å². The molecule has 0 fully saturated rings. The van der Waals surface area contributed by atoms with Gasteiger partial charge in [-0.2, -0.15) is 0 Å². The van der Waals surface area contributed by atoms with E-state index in [-0.39, 0.29) is 17.7 Å². The summed E-state index contributed by atoms with van der Waals surface area (Å²) < 4.78 is 0. The second-order valence-corrected chi connectivity index (χ2v) is 12.3. The maximum atomic E-state index is 13.7. The van der Waals surface area contributed by atoms with Gasteiger partial charge in [0.1, 0.15) is 12.1 Å². The Hall–Kier alpha value is -3.96. The normalized spacial score (nSPS) is 18.4. The van der Waals surface area contributed by atoms with Crippen LogP contribution in [-0.4, -0.2) is 65.5 Å². The minimum Gasteiger partial charge on any atom is -0.423 e. The zero-order valence-electron chi connectivity index (χ0n) is 27.6. The Morgan fingerprint density at radius 3 is 2.32 bits per heavy atom. The molecule has 0 radical (unpaired) electrons. The van der Waals surface area contributed by atoms with E-state index in [4.69, 9.17) is 0 Å². The second kappa shape index (κ2) is 21.0. The Labute approximate surface area is 279 Å². The lowest BCUT2D eigenvalue weighted by molar-refractivity contribution is -0.132. The van der Waals surface area contributed by atoms with E-state index in [0.717, 1.165) is 30.4 Å². The highest BCUT2D eigenvalue weighted by Gasteiger charge is 2.28. The smallest absolute Gasteiger partial charge is 0.423 e. The third-order valence-electron chi connectivity index (χ3n) is 8.33. The lowest BCUT2D eigenvalue weighted by Crippen LogP contribution is -2.55. The van der Waals surface area contributed by atoms with Gasteiger partial charge in [0.05, 0.1) is 6.04 Å². The topological polar surface area (TPSA) is 157 Å². The third kappa shape index (κ3) is 14.6. The largest absolute Gasteiger partial charge is 0.488 e. The summed E-state index contributed by atoms with van der Waals surface area (Å²) in [6.45, 7) is 2.62. The van der Waals surface area contributed by atoms with E-state index in [2.05, 4.69) is 28.2 Å². The molecule has 2 aromatic rings. The fraction of sp³-hybridized carbons (Fsp3) is 0.500. The molecule has 0 saturated heterocycles.